The molecule has 0 rings (SSSR count). The lowest BCUT2D eigenvalue weighted by Crippen LogP contribution is -2.25. The summed E-state index contributed by atoms with van der Waals surface area (Å²) in [6.45, 7) is 7.88. The normalized spacial score (nSPS) is 21.5. The van der Waals surface area contributed by atoms with E-state index in [0.717, 1.165) is 19.3 Å². The van der Waals surface area contributed by atoms with Crippen molar-refractivity contribution in [1.82, 2.24) is 0 Å². The Hall–Kier alpha value is -0.160. The highest BCUT2D eigenvalue weighted by molar-refractivity contribution is 4.71. The van der Waals surface area contributed by atoms with Crippen LogP contribution in [0.5, 0.6) is 0 Å². The van der Waals surface area contributed by atoms with Crippen LogP contribution < -0.4 is 0 Å². The minimum Gasteiger partial charge on any atom is -0.394 e. The van der Waals surface area contributed by atoms with Crippen molar-refractivity contribution >= 4 is 0 Å². The molecule has 0 saturated heterocycles. The molecule has 0 amide bonds. The predicted molar refractivity (Wildman–Crippen MR) is 76.7 cm³/mol. The molecule has 19 heavy (non-hydrogen) atoms. The van der Waals surface area contributed by atoms with E-state index >= 15 is 0 Å². The van der Waals surface area contributed by atoms with Gasteiger partial charge >= 0.3 is 0 Å². The number of aliphatic hydroxyl groups is 4. The van der Waals surface area contributed by atoms with Crippen LogP contribution in [0, 0.1) is 23.7 Å². The van der Waals surface area contributed by atoms with E-state index in [1.165, 1.54) is 0 Å². The summed E-state index contributed by atoms with van der Waals surface area (Å²) >= 11 is 0. The first-order valence-corrected chi connectivity index (χ1v) is 7.39. The molecule has 4 N–H and O–H groups in total. The first kappa shape index (κ1) is 18.8. The van der Waals surface area contributed by atoms with Gasteiger partial charge in [0.15, 0.2) is 0 Å². The van der Waals surface area contributed by atoms with E-state index in [1.807, 2.05) is 13.8 Å². The first-order chi connectivity index (χ1) is 8.81. The molecular formula is C15H32O4. The quantitative estimate of drug-likeness (QED) is 0.486. The third-order valence-electron chi connectivity index (χ3n) is 4.04. The van der Waals surface area contributed by atoms with E-state index in [2.05, 4.69) is 13.8 Å². The van der Waals surface area contributed by atoms with Crippen molar-refractivity contribution < 1.29 is 20.4 Å². The second-order valence-corrected chi connectivity index (χ2v) is 6.37. The van der Waals surface area contributed by atoms with Crippen LogP contribution >= 0.6 is 0 Å². The van der Waals surface area contributed by atoms with Gasteiger partial charge in [0.05, 0.1) is 25.4 Å². The Morgan fingerprint density at radius 1 is 0.632 bits per heavy atom. The maximum atomic E-state index is 9.55. The van der Waals surface area contributed by atoms with Gasteiger partial charge in [-0.25, -0.2) is 0 Å². The van der Waals surface area contributed by atoms with Crippen LogP contribution in [-0.4, -0.2) is 45.8 Å². The van der Waals surface area contributed by atoms with Crippen LogP contribution in [0.4, 0.5) is 0 Å². The lowest BCUT2D eigenvalue weighted by molar-refractivity contribution is 0.0382. The van der Waals surface area contributed by atoms with Gasteiger partial charge in [-0.1, -0.05) is 27.7 Å². The van der Waals surface area contributed by atoms with Gasteiger partial charge in [-0.15, -0.1) is 0 Å². The number of hydrogen-bond donors (Lipinski definition) is 4. The summed E-state index contributed by atoms with van der Waals surface area (Å²) in [4.78, 5) is 0. The lowest BCUT2D eigenvalue weighted by atomic mass is 9.83. The van der Waals surface area contributed by atoms with Gasteiger partial charge in [-0.05, 0) is 42.9 Å². The van der Waals surface area contributed by atoms with Crippen LogP contribution in [0.25, 0.3) is 0 Å². The highest BCUT2D eigenvalue weighted by atomic mass is 16.3. The Balaban J connectivity index is 4.01. The topological polar surface area (TPSA) is 80.9 Å². The molecule has 6 atom stereocenters. The summed E-state index contributed by atoms with van der Waals surface area (Å²) in [6, 6.07) is 0. The number of rotatable bonds is 10. The van der Waals surface area contributed by atoms with Crippen LogP contribution in [0.1, 0.15) is 47.0 Å². The Morgan fingerprint density at radius 3 is 1.21 bits per heavy atom. The largest absolute Gasteiger partial charge is 0.394 e. The third-order valence-corrected chi connectivity index (χ3v) is 4.04. The Kier molecular flexibility index (Phi) is 9.62. The SMILES string of the molecule is C[C@H](C[C@H](C)C[C@H](C)[C@@H](O)CO)C[C@H](C)[C@@H](O)CO. The highest BCUT2D eigenvalue weighted by Gasteiger charge is 2.20. The van der Waals surface area contributed by atoms with Crippen LogP contribution in [0.2, 0.25) is 0 Å². The number of aliphatic hydroxyl groups excluding tert-OH is 4. The van der Waals surface area contributed by atoms with E-state index in [9.17, 15) is 10.2 Å². The smallest absolute Gasteiger partial charge is 0.0796 e. The molecule has 0 fully saturated rings. The van der Waals surface area contributed by atoms with Crippen LogP contribution in [0.3, 0.4) is 0 Å². The molecule has 0 aromatic heterocycles. The zero-order valence-corrected chi connectivity index (χ0v) is 12.8. The molecule has 0 aliphatic heterocycles. The fourth-order valence-corrected chi connectivity index (χ4v) is 2.82. The Morgan fingerprint density at radius 2 is 0.947 bits per heavy atom. The third kappa shape index (κ3) is 7.88. The molecule has 0 saturated carbocycles. The average Bonchev–Trinajstić information content (AvgIpc) is 2.35. The Labute approximate surface area is 117 Å². The van der Waals surface area contributed by atoms with Gasteiger partial charge in [0.25, 0.3) is 0 Å². The molecule has 0 unspecified atom stereocenters. The fourth-order valence-electron chi connectivity index (χ4n) is 2.82. The molecule has 0 aliphatic rings. The maximum Gasteiger partial charge on any atom is 0.0796 e. The minimum absolute atomic E-state index is 0.104. The van der Waals surface area contributed by atoms with E-state index in [-0.39, 0.29) is 25.0 Å². The summed E-state index contributed by atoms with van der Waals surface area (Å²) in [5.74, 6) is 1.16. The standard InChI is InChI=1S/C15H32O4/c1-10(6-12(3)14(18)8-16)5-11(2)7-13(4)15(19)9-17/h10-19H,5-9H2,1-4H3/t10-,11+,12-,13-,14-,15-/m0/s1. The second-order valence-electron chi connectivity index (χ2n) is 6.37. The van der Waals surface area contributed by atoms with Gasteiger partial charge in [0, 0.05) is 0 Å². The summed E-state index contributed by atoms with van der Waals surface area (Å²) < 4.78 is 0. The number of hydrogen-bond acceptors (Lipinski definition) is 4. The minimum atomic E-state index is -0.632. The molecule has 0 heterocycles. The van der Waals surface area contributed by atoms with E-state index in [1.54, 1.807) is 0 Å². The summed E-state index contributed by atoms with van der Waals surface area (Å²) in [7, 11) is 0. The van der Waals surface area contributed by atoms with Crippen molar-refractivity contribution in [1.29, 1.82) is 0 Å². The van der Waals surface area contributed by atoms with Gasteiger partial charge in [0.1, 0.15) is 0 Å². The maximum absolute atomic E-state index is 9.55. The second kappa shape index (κ2) is 9.70. The fraction of sp³-hybridized carbons (Fsp3) is 1.00. The summed E-state index contributed by atoms with van der Waals surface area (Å²) in [6.07, 6.45) is 1.55. The molecule has 0 bridgehead atoms. The van der Waals surface area contributed by atoms with Gasteiger partial charge in [0.2, 0.25) is 0 Å². The Bertz CT molecular complexity index is 200. The van der Waals surface area contributed by atoms with E-state index < -0.39 is 12.2 Å². The van der Waals surface area contributed by atoms with E-state index in [0.29, 0.717) is 11.8 Å². The van der Waals surface area contributed by atoms with Crippen LogP contribution in [0.15, 0.2) is 0 Å². The molecule has 0 aromatic carbocycles. The first-order valence-electron chi connectivity index (χ1n) is 7.39. The average molecular weight is 276 g/mol. The molecule has 116 valence electrons. The van der Waals surface area contributed by atoms with Gasteiger partial charge in [-0.3, -0.25) is 0 Å². The summed E-state index contributed by atoms with van der Waals surface area (Å²) in [5.41, 5.74) is 0. The zero-order chi connectivity index (χ0) is 15.0. The van der Waals surface area contributed by atoms with Crippen molar-refractivity contribution in [3.05, 3.63) is 0 Å². The highest BCUT2D eigenvalue weighted by Crippen LogP contribution is 2.26. The molecule has 4 nitrogen and oxygen atoms in total. The van der Waals surface area contributed by atoms with Crippen LogP contribution in [-0.2, 0) is 0 Å². The summed E-state index contributed by atoms with van der Waals surface area (Å²) in [5, 5.41) is 36.9. The zero-order valence-electron chi connectivity index (χ0n) is 12.8. The molecule has 0 spiro atoms. The molecule has 0 radical (unpaired) electrons. The van der Waals surface area contributed by atoms with Crippen molar-refractivity contribution in [2.24, 2.45) is 23.7 Å². The van der Waals surface area contributed by atoms with Crippen molar-refractivity contribution in [3.63, 3.8) is 0 Å². The molecule has 0 aromatic rings. The van der Waals surface area contributed by atoms with Crippen molar-refractivity contribution in [2.45, 2.75) is 59.2 Å². The van der Waals surface area contributed by atoms with Crippen molar-refractivity contribution in [3.8, 4) is 0 Å². The monoisotopic (exact) mass is 276 g/mol. The van der Waals surface area contributed by atoms with Gasteiger partial charge in [-0.2, -0.15) is 0 Å². The van der Waals surface area contributed by atoms with E-state index in [4.69, 9.17) is 10.2 Å². The molecular weight excluding hydrogens is 244 g/mol. The lowest BCUT2D eigenvalue weighted by Gasteiger charge is -2.25. The molecule has 4 heteroatoms. The predicted octanol–water partition coefficient (Wildman–Crippen LogP) is 1.41. The van der Waals surface area contributed by atoms with Crippen molar-refractivity contribution in [2.75, 3.05) is 13.2 Å². The molecule has 0 aliphatic carbocycles. The van der Waals surface area contributed by atoms with Gasteiger partial charge < -0.3 is 20.4 Å².